The molecule has 0 saturated carbocycles. The molecule has 1 amide bonds. The lowest BCUT2D eigenvalue weighted by Crippen LogP contribution is -2.45. The van der Waals surface area contributed by atoms with Crippen LogP contribution in [-0.2, 0) is 9.59 Å². The van der Waals surface area contributed by atoms with Gasteiger partial charge in [-0.3, -0.25) is 4.79 Å². The summed E-state index contributed by atoms with van der Waals surface area (Å²) in [5, 5.41) is 19.1. The Balaban J connectivity index is 4.14. The van der Waals surface area contributed by atoms with Crippen LogP contribution in [0.3, 0.4) is 0 Å². The largest absolute Gasteiger partial charge is 0.480 e. The second-order valence-corrected chi connectivity index (χ2v) is 2.79. The number of carboxylic acid groups (broad SMARTS) is 1. The molecule has 0 heterocycles. The third kappa shape index (κ3) is 3.34. The van der Waals surface area contributed by atoms with Crippen LogP contribution in [0.25, 0.3) is 0 Å². The van der Waals surface area contributed by atoms with E-state index in [0.717, 1.165) is 0 Å². The van der Waals surface area contributed by atoms with E-state index in [4.69, 9.17) is 10.2 Å². The van der Waals surface area contributed by atoms with Gasteiger partial charge in [0.15, 0.2) is 0 Å². The Morgan fingerprint density at radius 1 is 1.42 bits per heavy atom. The number of carbonyl (C=O) groups is 2. The van der Waals surface area contributed by atoms with Crippen molar-refractivity contribution in [3.05, 3.63) is 0 Å². The fraction of sp³-hybridized carbons (Fsp3) is 0.714. The average Bonchev–Trinajstić information content (AvgIpc) is 1.98. The predicted octanol–water partition coefficient (Wildman–Crippen LogP) is -0.796. The van der Waals surface area contributed by atoms with Crippen molar-refractivity contribution < 1.29 is 19.8 Å². The van der Waals surface area contributed by atoms with Gasteiger partial charge in [0, 0.05) is 0 Å². The van der Waals surface area contributed by atoms with E-state index in [0.29, 0.717) is 0 Å². The molecule has 70 valence electrons. The van der Waals surface area contributed by atoms with E-state index in [-0.39, 0.29) is 5.92 Å². The first-order valence-corrected chi connectivity index (χ1v) is 3.62. The molecule has 0 aliphatic carbocycles. The molecule has 0 aliphatic heterocycles. The van der Waals surface area contributed by atoms with E-state index < -0.39 is 24.5 Å². The number of hydrogen-bond acceptors (Lipinski definition) is 3. The molecule has 3 N–H and O–H groups in total. The van der Waals surface area contributed by atoms with Crippen molar-refractivity contribution in [2.24, 2.45) is 5.92 Å². The summed E-state index contributed by atoms with van der Waals surface area (Å²) in [5.41, 5.74) is 0. The molecule has 5 nitrogen and oxygen atoms in total. The highest BCUT2D eigenvalue weighted by Gasteiger charge is 2.22. The van der Waals surface area contributed by atoms with Crippen LogP contribution in [0.5, 0.6) is 0 Å². The summed E-state index contributed by atoms with van der Waals surface area (Å²) in [6.07, 6.45) is 0. The number of nitrogens with one attached hydrogen (secondary N) is 1. The van der Waals surface area contributed by atoms with Crippen LogP contribution >= 0.6 is 0 Å². The number of hydrogen-bond donors (Lipinski definition) is 3. The maximum atomic E-state index is 10.6. The Kier molecular flexibility index (Phi) is 4.28. The summed E-state index contributed by atoms with van der Waals surface area (Å²) in [6, 6.07) is -0.926. The summed E-state index contributed by atoms with van der Waals surface area (Å²) in [4.78, 5) is 21.1. The lowest BCUT2D eigenvalue weighted by Gasteiger charge is -2.16. The molecule has 0 aromatic carbocycles. The van der Waals surface area contributed by atoms with Crippen molar-refractivity contribution in [2.75, 3.05) is 6.61 Å². The van der Waals surface area contributed by atoms with Gasteiger partial charge in [0.05, 0.1) is 0 Å². The van der Waals surface area contributed by atoms with Crippen molar-refractivity contribution in [3.63, 3.8) is 0 Å². The van der Waals surface area contributed by atoms with Crippen molar-refractivity contribution in [1.82, 2.24) is 5.32 Å². The van der Waals surface area contributed by atoms with Gasteiger partial charge in [-0.2, -0.15) is 0 Å². The molecular formula is C7H13NO4. The minimum Gasteiger partial charge on any atom is -0.480 e. The topological polar surface area (TPSA) is 86.6 Å². The molecule has 0 rings (SSSR count). The van der Waals surface area contributed by atoms with Crippen LogP contribution < -0.4 is 5.32 Å². The van der Waals surface area contributed by atoms with Gasteiger partial charge in [0.25, 0.3) is 0 Å². The van der Waals surface area contributed by atoms with Crippen LogP contribution in [0, 0.1) is 5.92 Å². The number of carboxylic acids is 1. The van der Waals surface area contributed by atoms with Crippen LogP contribution in [-0.4, -0.2) is 34.7 Å². The molecule has 0 fully saturated rings. The van der Waals surface area contributed by atoms with Gasteiger partial charge in [0.1, 0.15) is 12.6 Å². The van der Waals surface area contributed by atoms with Crippen molar-refractivity contribution in [3.8, 4) is 0 Å². The van der Waals surface area contributed by atoms with Crippen molar-refractivity contribution in [2.45, 2.75) is 19.9 Å². The highest BCUT2D eigenvalue weighted by Crippen LogP contribution is 2.00. The summed E-state index contributed by atoms with van der Waals surface area (Å²) in [5.74, 6) is -1.96. The first-order chi connectivity index (χ1) is 5.49. The molecular weight excluding hydrogens is 162 g/mol. The van der Waals surface area contributed by atoms with Gasteiger partial charge in [-0.15, -0.1) is 0 Å². The number of aliphatic carboxylic acids is 1. The Morgan fingerprint density at radius 3 is 2.17 bits per heavy atom. The minimum absolute atomic E-state index is 0.196. The fourth-order valence-electron chi connectivity index (χ4n) is 0.733. The molecule has 0 aliphatic rings. The van der Waals surface area contributed by atoms with Gasteiger partial charge in [-0.1, -0.05) is 13.8 Å². The Morgan fingerprint density at radius 2 is 1.92 bits per heavy atom. The molecule has 0 aromatic heterocycles. The SMILES string of the molecule is CC(C)[C@@H](NC(=O)CO)C(=O)O. The third-order valence-corrected chi connectivity index (χ3v) is 1.39. The van der Waals surface area contributed by atoms with E-state index >= 15 is 0 Å². The number of carbonyl (C=O) groups excluding carboxylic acids is 1. The van der Waals surface area contributed by atoms with E-state index in [1.165, 1.54) is 0 Å². The molecule has 1 atom stereocenters. The summed E-state index contributed by atoms with van der Waals surface area (Å²) >= 11 is 0. The molecule has 0 unspecified atom stereocenters. The minimum atomic E-state index is -1.09. The zero-order chi connectivity index (χ0) is 9.72. The normalized spacial score (nSPS) is 12.7. The van der Waals surface area contributed by atoms with Crippen LogP contribution in [0.1, 0.15) is 13.8 Å². The Labute approximate surface area is 70.4 Å². The zero-order valence-corrected chi connectivity index (χ0v) is 7.07. The molecule has 0 aromatic rings. The molecule has 0 radical (unpaired) electrons. The van der Waals surface area contributed by atoms with E-state index in [9.17, 15) is 9.59 Å². The number of rotatable bonds is 4. The quantitative estimate of drug-likeness (QED) is 0.522. The number of amides is 1. The van der Waals surface area contributed by atoms with Gasteiger partial charge < -0.3 is 15.5 Å². The smallest absolute Gasteiger partial charge is 0.326 e. The highest BCUT2D eigenvalue weighted by atomic mass is 16.4. The molecule has 0 spiro atoms. The van der Waals surface area contributed by atoms with E-state index in [1.807, 2.05) is 0 Å². The fourth-order valence-corrected chi connectivity index (χ4v) is 0.733. The van der Waals surface area contributed by atoms with E-state index in [2.05, 4.69) is 5.32 Å². The van der Waals surface area contributed by atoms with Gasteiger partial charge >= 0.3 is 5.97 Å². The van der Waals surface area contributed by atoms with E-state index in [1.54, 1.807) is 13.8 Å². The first kappa shape index (κ1) is 10.9. The number of aliphatic hydroxyl groups is 1. The average molecular weight is 175 g/mol. The van der Waals surface area contributed by atoms with Crippen LogP contribution in [0.4, 0.5) is 0 Å². The number of aliphatic hydroxyl groups excluding tert-OH is 1. The molecule has 12 heavy (non-hydrogen) atoms. The standard InChI is InChI=1S/C7H13NO4/c1-4(2)6(7(11)12)8-5(10)3-9/h4,6,9H,3H2,1-2H3,(H,8,10)(H,11,12)/t6-/m1/s1. The predicted molar refractivity (Wildman–Crippen MR) is 41.5 cm³/mol. The van der Waals surface area contributed by atoms with Crippen LogP contribution in [0.2, 0.25) is 0 Å². The third-order valence-electron chi connectivity index (χ3n) is 1.39. The van der Waals surface area contributed by atoms with Crippen molar-refractivity contribution in [1.29, 1.82) is 0 Å². The van der Waals surface area contributed by atoms with Crippen LogP contribution in [0.15, 0.2) is 0 Å². The van der Waals surface area contributed by atoms with Gasteiger partial charge in [0.2, 0.25) is 5.91 Å². The monoisotopic (exact) mass is 175 g/mol. The second kappa shape index (κ2) is 4.71. The zero-order valence-electron chi connectivity index (χ0n) is 7.07. The summed E-state index contributed by atoms with van der Waals surface area (Å²) in [6.45, 7) is 2.67. The summed E-state index contributed by atoms with van der Waals surface area (Å²) < 4.78 is 0. The molecule has 5 heteroatoms. The van der Waals surface area contributed by atoms with Crippen molar-refractivity contribution >= 4 is 11.9 Å². The lowest BCUT2D eigenvalue weighted by atomic mass is 10.1. The Bertz CT molecular complexity index is 178. The molecule has 0 bridgehead atoms. The second-order valence-electron chi connectivity index (χ2n) is 2.79. The molecule has 0 saturated heterocycles. The maximum Gasteiger partial charge on any atom is 0.326 e. The lowest BCUT2D eigenvalue weighted by molar-refractivity contribution is -0.143. The highest BCUT2D eigenvalue weighted by molar-refractivity contribution is 5.84. The van der Waals surface area contributed by atoms with Gasteiger partial charge in [-0.25, -0.2) is 4.79 Å². The first-order valence-electron chi connectivity index (χ1n) is 3.62. The van der Waals surface area contributed by atoms with Gasteiger partial charge in [-0.05, 0) is 5.92 Å². The maximum absolute atomic E-state index is 10.6. The Hall–Kier alpha value is -1.10. The summed E-state index contributed by atoms with van der Waals surface area (Å²) in [7, 11) is 0.